The molecule has 0 aliphatic carbocycles. The van der Waals surface area contributed by atoms with Gasteiger partial charge in [0, 0.05) is 30.3 Å². The third-order valence-corrected chi connectivity index (χ3v) is 6.04. The Hall–Kier alpha value is -2.42. The molecule has 0 aromatic heterocycles. The van der Waals surface area contributed by atoms with Crippen molar-refractivity contribution in [1.29, 1.82) is 0 Å². The summed E-state index contributed by atoms with van der Waals surface area (Å²) in [5.41, 5.74) is 0.339. The van der Waals surface area contributed by atoms with Crippen molar-refractivity contribution in [3.8, 4) is 0 Å². The molecular weight excluding hydrogens is 376 g/mol. The summed E-state index contributed by atoms with van der Waals surface area (Å²) in [6, 6.07) is 8.59. The van der Waals surface area contributed by atoms with E-state index < -0.39 is 27.4 Å². The average Bonchev–Trinajstić information content (AvgIpc) is 2.68. The summed E-state index contributed by atoms with van der Waals surface area (Å²) in [6.45, 7) is 1.27. The van der Waals surface area contributed by atoms with E-state index in [1.165, 1.54) is 40.7 Å². The van der Waals surface area contributed by atoms with Gasteiger partial charge in [0.05, 0.1) is 18.1 Å². The number of halogens is 2. The molecule has 5 nitrogen and oxygen atoms in total. The van der Waals surface area contributed by atoms with E-state index in [4.69, 9.17) is 4.74 Å². The number of rotatable bonds is 5. The maximum atomic E-state index is 13.6. The molecular formula is C19H17F2NO4S. The first-order valence-electron chi connectivity index (χ1n) is 8.23. The number of nitrogens with zero attached hydrogens (tertiary/aromatic N) is 1. The molecule has 142 valence electrons. The van der Waals surface area contributed by atoms with Crippen molar-refractivity contribution in [2.45, 2.75) is 4.90 Å². The lowest BCUT2D eigenvalue weighted by atomic mass is 10.1. The van der Waals surface area contributed by atoms with Gasteiger partial charge in [-0.05, 0) is 48.6 Å². The standard InChI is InChI=1S/C19H17F2NO4S/c20-16-5-1-14(18(21)13-16)4-8-19(23)15-2-6-17(7-3-15)27(24,25)22-9-11-26-12-10-22/h1-8,13H,9-12H2/b8-4+. The molecule has 2 aromatic carbocycles. The van der Waals surface area contributed by atoms with E-state index in [0.717, 1.165) is 18.2 Å². The highest BCUT2D eigenvalue weighted by Crippen LogP contribution is 2.18. The first-order chi connectivity index (χ1) is 12.9. The molecule has 0 N–H and O–H groups in total. The fourth-order valence-corrected chi connectivity index (χ4v) is 4.03. The lowest BCUT2D eigenvalue weighted by molar-refractivity contribution is 0.0730. The summed E-state index contributed by atoms with van der Waals surface area (Å²) >= 11 is 0. The zero-order chi connectivity index (χ0) is 19.4. The highest BCUT2D eigenvalue weighted by Gasteiger charge is 2.26. The van der Waals surface area contributed by atoms with Crippen LogP contribution in [-0.2, 0) is 14.8 Å². The summed E-state index contributed by atoms with van der Waals surface area (Å²) < 4.78 is 58.0. The van der Waals surface area contributed by atoms with Crippen LogP contribution in [0.3, 0.4) is 0 Å². The van der Waals surface area contributed by atoms with Crippen molar-refractivity contribution in [1.82, 2.24) is 4.31 Å². The van der Waals surface area contributed by atoms with E-state index in [1.807, 2.05) is 0 Å². The van der Waals surface area contributed by atoms with Gasteiger partial charge in [0.15, 0.2) is 5.78 Å². The molecule has 0 atom stereocenters. The third-order valence-electron chi connectivity index (χ3n) is 4.12. The topological polar surface area (TPSA) is 63.7 Å². The summed E-state index contributed by atoms with van der Waals surface area (Å²) in [4.78, 5) is 12.3. The van der Waals surface area contributed by atoms with Crippen LogP contribution in [0.1, 0.15) is 15.9 Å². The lowest BCUT2D eigenvalue weighted by Crippen LogP contribution is -2.40. The van der Waals surface area contributed by atoms with E-state index in [2.05, 4.69) is 0 Å². The molecule has 0 unspecified atom stereocenters. The van der Waals surface area contributed by atoms with Crippen LogP contribution in [-0.4, -0.2) is 44.8 Å². The minimum atomic E-state index is -3.63. The van der Waals surface area contributed by atoms with Crippen LogP contribution in [0.4, 0.5) is 8.78 Å². The van der Waals surface area contributed by atoms with E-state index in [1.54, 1.807) is 0 Å². The van der Waals surface area contributed by atoms with Gasteiger partial charge in [-0.2, -0.15) is 4.31 Å². The zero-order valence-corrected chi connectivity index (χ0v) is 15.1. The Bertz CT molecular complexity index is 966. The van der Waals surface area contributed by atoms with Crippen molar-refractivity contribution >= 4 is 21.9 Å². The molecule has 0 saturated carbocycles. The van der Waals surface area contributed by atoms with Crippen LogP contribution < -0.4 is 0 Å². The summed E-state index contributed by atoms with van der Waals surface area (Å²) in [5, 5.41) is 0. The van der Waals surface area contributed by atoms with Gasteiger partial charge in [0.1, 0.15) is 11.6 Å². The summed E-state index contributed by atoms with van der Waals surface area (Å²) in [7, 11) is -3.63. The van der Waals surface area contributed by atoms with Crippen molar-refractivity contribution < 1.29 is 26.7 Å². The maximum Gasteiger partial charge on any atom is 0.243 e. The molecule has 1 saturated heterocycles. The summed E-state index contributed by atoms with van der Waals surface area (Å²) in [6.07, 6.45) is 2.40. The van der Waals surface area contributed by atoms with Crippen molar-refractivity contribution in [2.24, 2.45) is 0 Å². The molecule has 27 heavy (non-hydrogen) atoms. The zero-order valence-electron chi connectivity index (χ0n) is 14.3. The third kappa shape index (κ3) is 4.47. The second-order valence-electron chi connectivity index (χ2n) is 5.90. The molecule has 1 heterocycles. The Morgan fingerprint density at radius 2 is 1.70 bits per heavy atom. The van der Waals surface area contributed by atoms with Gasteiger partial charge < -0.3 is 4.74 Å². The molecule has 0 spiro atoms. The first-order valence-corrected chi connectivity index (χ1v) is 9.67. The number of ether oxygens (including phenoxy) is 1. The van der Waals surface area contributed by atoms with Gasteiger partial charge in [0.25, 0.3) is 0 Å². The molecule has 2 aromatic rings. The van der Waals surface area contributed by atoms with Crippen LogP contribution in [0.15, 0.2) is 53.4 Å². The van der Waals surface area contributed by atoms with Gasteiger partial charge in [-0.3, -0.25) is 4.79 Å². The highest BCUT2D eigenvalue weighted by molar-refractivity contribution is 7.89. The van der Waals surface area contributed by atoms with Crippen molar-refractivity contribution in [3.63, 3.8) is 0 Å². The quantitative estimate of drug-likeness (QED) is 0.579. The molecule has 3 rings (SSSR count). The number of sulfonamides is 1. The monoisotopic (exact) mass is 393 g/mol. The number of hydrogen-bond acceptors (Lipinski definition) is 4. The minimum absolute atomic E-state index is 0.0799. The Morgan fingerprint density at radius 1 is 1.04 bits per heavy atom. The number of carbonyl (C=O) groups excluding carboxylic acids is 1. The SMILES string of the molecule is O=C(/C=C/c1ccc(F)cc1F)c1ccc(S(=O)(=O)N2CCOCC2)cc1. The van der Waals surface area contributed by atoms with Crippen LogP contribution >= 0.6 is 0 Å². The Balaban J connectivity index is 1.74. The maximum absolute atomic E-state index is 13.6. The molecule has 0 amide bonds. The molecule has 0 bridgehead atoms. The van der Waals surface area contributed by atoms with Crippen LogP contribution in [0, 0.1) is 11.6 Å². The number of hydrogen-bond donors (Lipinski definition) is 0. The Morgan fingerprint density at radius 3 is 2.33 bits per heavy atom. The number of benzene rings is 2. The predicted octanol–water partition coefficient (Wildman–Crippen LogP) is 2.88. The molecule has 1 fully saturated rings. The highest BCUT2D eigenvalue weighted by atomic mass is 32.2. The Kier molecular flexibility index (Phi) is 5.79. The molecule has 1 aliphatic heterocycles. The van der Waals surface area contributed by atoms with Crippen LogP contribution in [0.2, 0.25) is 0 Å². The number of carbonyl (C=O) groups is 1. The van der Waals surface area contributed by atoms with Crippen molar-refractivity contribution in [3.05, 3.63) is 71.3 Å². The van der Waals surface area contributed by atoms with E-state index >= 15 is 0 Å². The van der Waals surface area contributed by atoms with E-state index in [0.29, 0.717) is 13.2 Å². The number of ketones is 1. The predicted molar refractivity (Wildman–Crippen MR) is 95.7 cm³/mol. The lowest BCUT2D eigenvalue weighted by Gasteiger charge is -2.26. The van der Waals surface area contributed by atoms with E-state index in [9.17, 15) is 22.0 Å². The number of morpholine rings is 1. The molecule has 0 radical (unpaired) electrons. The smallest absolute Gasteiger partial charge is 0.243 e. The second-order valence-corrected chi connectivity index (χ2v) is 7.84. The molecule has 1 aliphatic rings. The van der Waals surface area contributed by atoms with Crippen LogP contribution in [0.5, 0.6) is 0 Å². The minimum Gasteiger partial charge on any atom is -0.379 e. The van der Waals surface area contributed by atoms with Gasteiger partial charge in [-0.25, -0.2) is 17.2 Å². The molecule has 8 heteroatoms. The van der Waals surface area contributed by atoms with Crippen molar-refractivity contribution in [2.75, 3.05) is 26.3 Å². The normalized spacial score (nSPS) is 15.9. The second kappa shape index (κ2) is 8.08. The Labute approximate surface area is 155 Å². The van der Waals surface area contributed by atoms with Gasteiger partial charge >= 0.3 is 0 Å². The van der Waals surface area contributed by atoms with Gasteiger partial charge in [-0.1, -0.05) is 0 Å². The van der Waals surface area contributed by atoms with Crippen LogP contribution in [0.25, 0.3) is 6.08 Å². The fourth-order valence-electron chi connectivity index (χ4n) is 2.63. The fraction of sp³-hybridized carbons (Fsp3) is 0.211. The largest absolute Gasteiger partial charge is 0.379 e. The average molecular weight is 393 g/mol. The number of allylic oxidation sites excluding steroid dienone is 1. The summed E-state index contributed by atoms with van der Waals surface area (Å²) in [5.74, 6) is -1.90. The van der Waals surface area contributed by atoms with Gasteiger partial charge in [-0.15, -0.1) is 0 Å². The van der Waals surface area contributed by atoms with Gasteiger partial charge in [0.2, 0.25) is 10.0 Å². The first kappa shape index (κ1) is 19.3. The van der Waals surface area contributed by atoms with E-state index in [-0.39, 0.29) is 29.1 Å².